The first-order valence-corrected chi connectivity index (χ1v) is 6.96. The molecule has 0 spiro atoms. The van der Waals surface area contributed by atoms with Gasteiger partial charge in [0.1, 0.15) is 0 Å². The van der Waals surface area contributed by atoms with Crippen molar-refractivity contribution in [1.82, 2.24) is 10.2 Å². The Balaban J connectivity index is 2.30. The number of hydrogen-bond acceptors (Lipinski definition) is 3. The minimum Gasteiger partial charge on any atom is -0.338 e. The Morgan fingerprint density at radius 3 is 2.67 bits per heavy atom. The summed E-state index contributed by atoms with van der Waals surface area (Å²) in [5.41, 5.74) is 0. The third kappa shape index (κ3) is 3.70. The van der Waals surface area contributed by atoms with E-state index in [2.05, 4.69) is 5.32 Å². The summed E-state index contributed by atoms with van der Waals surface area (Å²) in [6, 6.07) is -0.137. The van der Waals surface area contributed by atoms with Gasteiger partial charge in [0, 0.05) is 20.1 Å². The lowest BCUT2D eigenvalue weighted by Crippen LogP contribution is -2.39. The smallest absolute Gasteiger partial charge is 0.317 e. The van der Waals surface area contributed by atoms with Crippen molar-refractivity contribution < 1.29 is 13.2 Å². The van der Waals surface area contributed by atoms with Gasteiger partial charge in [-0.05, 0) is 19.3 Å². The normalized spacial score (nSPS) is 23.7. The molecule has 1 N–H and O–H groups in total. The lowest BCUT2D eigenvalue weighted by atomic mass is 10.1. The van der Waals surface area contributed by atoms with Crippen LogP contribution < -0.4 is 5.32 Å². The number of sulfone groups is 1. The molecule has 1 heterocycles. The first-order chi connectivity index (χ1) is 6.94. The quantitative estimate of drug-likeness (QED) is 0.752. The number of nitrogens with one attached hydrogen (secondary N) is 1. The van der Waals surface area contributed by atoms with E-state index in [1.165, 1.54) is 0 Å². The van der Waals surface area contributed by atoms with E-state index >= 15 is 0 Å². The van der Waals surface area contributed by atoms with Gasteiger partial charge < -0.3 is 10.2 Å². The van der Waals surface area contributed by atoms with Gasteiger partial charge in [0.25, 0.3) is 0 Å². The molecule has 0 bridgehead atoms. The number of amides is 2. The molecule has 0 aromatic carbocycles. The zero-order valence-corrected chi connectivity index (χ0v) is 10.0. The SMILES string of the molecule is CCN(C)C(=O)NCC1CCS(=O)(=O)C1. The second kappa shape index (κ2) is 4.83. The lowest BCUT2D eigenvalue weighted by molar-refractivity contribution is 0.209. The van der Waals surface area contributed by atoms with Gasteiger partial charge in [0.2, 0.25) is 0 Å². The second-order valence-corrected chi connectivity index (χ2v) is 6.20. The zero-order valence-electron chi connectivity index (χ0n) is 9.19. The van der Waals surface area contributed by atoms with Crippen LogP contribution >= 0.6 is 0 Å². The highest BCUT2D eigenvalue weighted by Crippen LogP contribution is 2.17. The average molecular weight is 234 g/mol. The van der Waals surface area contributed by atoms with E-state index in [9.17, 15) is 13.2 Å². The van der Waals surface area contributed by atoms with E-state index in [-0.39, 0.29) is 23.5 Å². The molecule has 1 fully saturated rings. The van der Waals surface area contributed by atoms with Gasteiger partial charge in [-0.2, -0.15) is 0 Å². The van der Waals surface area contributed by atoms with Crippen LogP contribution in [-0.4, -0.2) is 51.0 Å². The zero-order chi connectivity index (χ0) is 11.5. The first-order valence-electron chi connectivity index (χ1n) is 5.14. The molecule has 1 unspecified atom stereocenters. The largest absolute Gasteiger partial charge is 0.338 e. The van der Waals surface area contributed by atoms with E-state index in [1.54, 1.807) is 11.9 Å². The maximum Gasteiger partial charge on any atom is 0.317 e. The molecule has 15 heavy (non-hydrogen) atoms. The van der Waals surface area contributed by atoms with Crippen molar-refractivity contribution in [1.29, 1.82) is 0 Å². The highest BCUT2D eigenvalue weighted by Gasteiger charge is 2.27. The van der Waals surface area contributed by atoms with Gasteiger partial charge >= 0.3 is 6.03 Å². The summed E-state index contributed by atoms with van der Waals surface area (Å²) in [7, 11) is -1.13. The van der Waals surface area contributed by atoms with Gasteiger partial charge in [-0.15, -0.1) is 0 Å². The molecule has 0 radical (unpaired) electrons. The second-order valence-electron chi connectivity index (χ2n) is 3.97. The van der Waals surface area contributed by atoms with Gasteiger partial charge in [-0.25, -0.2) is 13.2 Å². The fraction of sp³-hybridized carbons (Fsp3) is 0.889. The number of nitrogens with zero attached hydrogens (tertiary/aromatic N) is 1. The third-order valence-electron chi connectivity index (χ3n) is 2.69. The first kappa shape index (κ1) is 12.3. The molecule has 0 aliphatic carbocycles. The predicted molar refractivity (Wildman–Crippen MR) is 58.5 cm³/mol. The van der Waals surface area contributed by atoms with Crippen LogP contribution in [0.2, 0.25) is 0 Å². The molecule has 2 amide bonds. The van der Waals surface area contributed by atoms with Crippen LogP contribution in [0.3, 0.4) is 0 Å². The van der Waals surface area contributed by atoms with Crippen LogP contribution in [0.25, 0.3) is 0 Å². The molecular formula is C9H18N2O3S. The summed E-state index contributed by atoms with van der Waals surface area (Å²) in [5.74, 6) is 0.560. The van der Waals surface area contributed by atoms with E-state index < -0.39 is 9.84 Å². The fourth-order valence-electron chi connectivity index (χ4n) is 1.54. The molecule has 6 heteroatoms. The molecule has 1 rings (SSSR count). The van der Waals surface area contributed by atoms with E-state index in [0.717, 1.165) is 0 Å². The van der Waals surface area contributed by atoms with Crippen molar-refractivity contribution in [3.8, 4) is 0 Å². The van der Waals surface area contributed by atoms with Crippen molar-refractivity contribution in [3.05, 3.63) is 0 Å². The summed E-state index contributed by atoms with van der Waals surface area (Å²) in [6.45, 7) is 3.00. The van der Waals surface area contributed by atoms with Crippen LogP contribution in [0, 0.1) is 5.92 Å². The number of hydrogen-bond donors (Lipinski definition) is 1. The minimum atomic E-state index is -2.83. The monoisotopic (exact) mass is 234 g/mol. The van der Waals surface area contributed by atoms with Crippen molar-refractivity contribution in [3.63, 3.8) is 0 Å². The maximum absolute atomic E-state index is 11.4. The number of carbonyl (C=O) groups is 1. The molecular weight excluding hydrogens is 216 g/mol. The Hall–Kier alpha value is -0.780. The average Bonchev–Trinajstić information content (AvgIpc) is 2.53. The Morgan fingerprint density at radius 1 is 1.53 bits per heavy atom. The van der Waals surface area contributed by atoms with E-state index in [4.69, 9.17) is 0 Å². The number of carbonyl (C=O) groups excluding carboxylic acids is 1. The van der Waals surface area contributed by atoms with Crippen molar-refractivity contribution in [2.45, 2.75) is 13.3 Å². The van der Waals surface area contributed by atoms with E-state index in [1.807, 2.05) is 6.92 Å². The lowest BCUT2D eigenvalue weighted by Gasteiger charge is -2.17. The van der Waals surface area contributed by atoms with Gasteiger partial charge in [0.15, 0.2) is 9.84 Å². The summed E-state index contributed by atoms with van der Waals surface area (Å²) in [6.07, 6.45) is 0.665. The summed E-state index contributed by atoms with van der Waals surface area (Å²) in [5, 5.41) is 2.74. The van der Waals surface area contributed by atoms with Crippen molar-refractivity contribution >= 4 is 15.9 Å². The molecule has 1 aliphatic rings. The predicted octanol–water partition coefficient (Wildman–Crippen LogP) is 0.0824. The van der Waals surface area contributed by atoms with Crippen LogP contribution in [0.1, 0.15) is 13.3 Å². The van der Waals surface area contributed by atoms with Crippen LogP contribution in [0.15, 0.2) is 0 Å². The van der Waals surface area contributed by atoms with Crippen molar-refractivity contribution in [2.24, 2.45) is 5.92 Å². The molecule has 0 aromatic rings. The molecule has 1 saturated heterocycles. The Bertz CT molecular complexity index is 326. The standard InChI is InChI=1S/C9H18N2O3S/c1-3-11(2)9(12)10-6-8-4-5-15(13,14)7-8/h8H,3-7H2,1-2H3,(H,10,12). The maximum atomic E-state index is 11.4. The molecule has 5 nitrogen and oxygen atoms in total. The minimum absolute atomic E-state index is 0.0872. The van der Waals surface area contributed by atoms with Gasteiger partial charge in [-0.3, -0.25) is 0 Å². The topological polar surface area (TPSA) is 66.5 Å². The summed E-state index contributed by atoms with van der Waals surface area (Å²) >= 11 is 0. The summed E-state index contributed by atoms with van der Waals surface area (Å²) < 4.78 is 22.3. The Labute approximate surface area is 90.7 Å². The van der Waals surface area contributed by atoms with Gasteiger partial charge in [0.05, 0.1) is 11.5 Å². The summed E-state index contributed by atoms with van der Waals surface area (Å²) in [4.78, 5) is 12.9. The molecule has 0 saturated carbocycles. The van der Waals surface area contributed by atoms with Crippen molar-refractivity contribution in [2.75, 3.05) is 31.6 Å². The van der Waals surface area contributed by atoms with Crippen LogP contribution in [-0.2, 0) is 9.84 Å². The molecule has 1 aliphatic heterocycles. The molecule has 1 atom stereocenters. The number of urea groups is 1. The third-order valence-corrected chi connectivity index (χ3v) is 4.53. The highest BCUT2D eigenvalue weighted by atomic mass is 32.2. The van der Waals surface area contributed by atoms with Crippen LogP contribution in [0.5, 0.6) is 0 Å². The highest BCUT2D eigenvalue weighted by molar-refractivity contribution is 7.91. The number of rotatable bonds is 3. The fourth-order valence-corrected chi connectivity index (χ4v) is 3.41. The Kier molecular flexibility index (Phi) is 3.96. The van der Waals surface area contributed by atoms with E-state index in [0.29, 0.717) is 19.5 Å². The molecule has 88 valence electrons. The van der Waals surface area contributed by atoms with Gasteiger partial charge in [-0.1, -0.05) is 0 Å². The Morgan fingerprint density at radius 2 is 2.20 bits per heavy atom. The van der Waals surface area contributed by atoms with Crippen LogP contribution in [0.4, 0.5) is 4.79 Å². The molecule has 0 aromatic heterocycles.